The van der Waals surface area contributed by atoms with Crippen LogP contribution in [0.25, 0.3) is 0 Å². The van der Waals surface area contributed by atoms with E-state index in [-0.39, 0.29) is 11.8 Å². The van der Waals surface area contributed by atoms with Crippen molar-refractivity contribution in [2.45, 2.75) is 13.2 Å². The Labute approximate surface area is 108 Å². The van der Waals surface area contributed by atoms with Crippen molar-refractivity contribution in [3.05, 3.63) is 35.4 Å². The zero-order valence-corrected chi connectivity index (χ0v) is 10.9. The molecule has 1 aromatic rings. The second kappa shape index (κ2) is 4.98. The lowest BCUT2D eigenvalue weighted by Gasteiger charge is -2.22. The number of ether oxygens (including phenoxy) is 1. The third-order valence-corrected chi connectivity index (χ3v) is 2.95. The first kappa shape index (κ1) is 12.3. The average Bonchev–Trinajstić information content (AvgIpc) is 2.60. The van der Waals surface area contributed by atoms with E-state index >= 15 is 0 Å². The summed E-state index contributed by atoms with van der Waals surface area (Å²) in [5.41, 5.74) is 0.901. The molecule has 0 N–H and O–H groups in total. The Morgan fingerprint density at radius 2 is 1.76 bits per heavy atom. The standard InChI is InChI=1S/C12H12BrNO3/c1-8(17-7-6-13)14-11(15)9-4-2-3-5-10(9)12(14)16/h2-5,8H,6-7H2,1H3. The van der Waals surface area contributed by atoms with E-state index in [1.165, 1.54) is 0 Å². The average molecular weight is 298 g/mol. The topological polar surface area (TPSA) is 46.6 Å². The minimum atomic E-state index is -0.542. The maximum absolute atomic E-state index is 12.0. The van der Waals surface area contributed by atoms with Crippen molar-refractivity contribution in [1.82, 2.24) is 4.90 Å². The monoisotopic (exact) mass is 297 g/mol. The van der Waals surface area contributed by atoms with Crippen LogP contribution in [0.5, 0.6) is 0 Å². The number of benzene rings is 1. The van der Waals surface area contributed by atoms with Crippen molar-refractivity contribution in [3.8, 4) is 0 Å². The van der Waals surface area contributed by atoms with E-state index in [9.17, 15) is 9.59 Å². The molecule has 0 aromatic heterocycles. The minimum Gasteiger partial charge on any atom is -0.357 e. The highest BCUT2D eigenvalue weighted by Gasteiger charge is 2.38. The van der Waals surface area contributed by atoms with E-state index in [0.29, 0.717) is 23.1 Å². The third kappa shape index (κ3) is 2.12. The Hall–Kier alpha value is -1.20. The van der Waals surface area contributed by atoms with Gasteiger partial charge in [-0.15, -0.1) is 0 Å². The van der Waals surface area contributed by atoms with E-state index in [1.54, 1.807) is 31.2 Å². The first-order valence-corrected chi connectivity index (χ1v) is 6.43. The van der Waals surface area contributed by atoms with Crippen molar-refractivity contribution in [2.24, 2.45) is 0 Å². The predicted molar refractivity (Wildman–Crippen MR) is 66.2 cm³/mol. The van der Waals surface area contributed by atoms with Crippen molar-refractivity contribution in [2.75, 3.05) is 11.9 Å². The Balaban J connectivity index is 2.24. The number of carbonyl (C=O) groups excluding carboxylic acids is 2. The Morgan fingerprint density at radius 3 is 2.24 bits per heavy atom. The van der Waals surface area contributed by atoms with E-state index in [0.717, 1.165) is 4.90 Å². The summed E-state index contributed by atoms with van der Waals surface area (Å²) in [7, 11) is 0. The van der Waals surface area contributed by atoms with Crippen LogP contribution in [0.2, 0.25) is 0 Å². The maximum atomic E-state index is 12.0. The Bertz CT molecular complexity index is 426. The number of hydrogen-bond donors (Lipinski definition) is 0. The number of amides is 2. The van der Waals surface area contributed by atoms with Gasteiger partial charge >= 0.3 is 0 Å². The fourth-order valence-corrected chi connectivity index (χ4v) is 2.01. The minimum absolute atomic E-state index is 0.285. The van der Waals surface area contributed by atoms with Crippen LogP contribution in [-0.2, 0) is 4.74 Å². The van der Waals surface area contributed by atoms with Gasteiger partial charge in [0.25, 0.3) is 11.8 Å². The fourth-order valence-electron chi connectivity index (χ4n) is 1.83. The van der Waals surface area contributed by atoms with E-state index in [1.807, 2.05) is 0 Å². The van der Waals surface area contributed by atoms with Crippen molar-refractivity contribution in [1.29, 1.82) is 0 Å². The van der Waals surface area contributed by atoms with Gasteiger partial charge in [-0.25, -0.2) is 4.90 Å². The lowest BCUT2D eigenvalue weighted by atomic mass is 10.1. The van der Waals surface area contributed by atoms with Gasteiger partial charge in [-0.1, -0.05) is 28.1 Å². The molecule has 0 bridgehead atoms. The summed E-state index contributed by atoms with van der Waals surface area (Å²) >= 11 is 3.23. The van der Waals surface area contributed by atoms with Crippen LogP contribution < -0.4 is 0 Å². The molecular formula is C12H12BrNO3. The molecule has 1 aliphatic rings. The van der Waals surface area contributed by atoms with Crippen LogP contribution in [0, 0.1) is 0 Å². The zero-order chi connectivity index (χ0) is 12.4. The molecule has 2 amide bonds. The number of hydrogen-bond acceptors (Lipinski definition) is 3. The molecule has 0 saturated carbocycles. The van der Waals surface area contributed by atoms with Gasteiger partial charge in [-0.2, -0.15) is 0 Å². The third-order valence-electron chi connectivity index (χ3n) is 2.63. The highest BCUT2D eigenvalue weighted by Crippen LogP contribution is 2.24. The molecule has 1 aromatic carbocycles. The summed E-state index contributed by atoms with van der Waals surface area (Å²) in [4.78, 5) is 25.2. The second-order valence-corrected chi connectivity index (χ2v) is 4.48. The van der Waals surface area contributed by atoms with Gasteiger partial charge in [0.05, 0.1) is 17.7 Å². The fraction of sp³-hybridized carbons (Fsp3) is 0.333. The van der Waals surface area contributed by atoms with E-state index in [2.05, 4.69) is 15.9 Å². The predicted octanol–water partition coefficient (Wildman–Crippen LogP) is 2.04. The van der Waals surface area contributed by atoms with Crippen molar-refractivity contribution >= 4 is 27.7 Å². The molecule has 0 fully saturated rings. The van der Waals surface area contributed by atoms with Gasteiger partial charge in [0, 0.05) is 5.33 Å². The second-order valence-electron chi connectivity index (χ2n) is 3.68. The number of halogens is 1. The zero-order valence-electron chi connectivity index (χ0n) is 9.35. The van der Waals surface area contributed by atoms with Crippen LogP contribution in [0.1, 0.15) is 27.6 Å². The Morgan fingerprint density at radius 1 is 1.24 bits per heavy atom. The van der Waals surface area contributed by atoms with Gasteiger partial charge < -0.3 is 4.74 Å². The molecule has 1 unspecified atom stereocenters. The van der Waals surface area contributed by atoms with Crippen LogP contribution in [0.3, 0.4) is 0 Å². The van der Waals surface area contributed by atoms with E-state index < -0.39 is 6.23 Å². The summed E-state index contributed by atoms with van der Waals surface area (Å²) < 4.78 is 5.38. The quantitative estimate of drug-likeness (QED) is 0.631. The maximum Gasteiger partial charge on any atom is 0.263 e. The molecule has 90 valence electrons. The van der Waals surface area contributed by atoms with Crippen LogP contribution in [0.4, 0.5) is 0 Å². The summed E-state index contributed by atoms with van der Waals surface area (Å²) in [6.45, 7) is 2.15. The molecule has 1 aliphatic heterocycles. The number of nitrogens with zero attached hydrogens (tertiary/aromatic N) is 1. The first-order valence-electron chi connectivity index (χ1n) is 5.31. The molecule has 0 radical (unpaired) electrons. The molecule has 4 nitrogen and oxygen atoms in total. The lowest BCUT2D eigenvalue weighted by molar-refractivity contribution is -0.0168. The molecule has 2 rings (SSSR count). The Kier molecular flexibility index (Phi) is 3.59. The highest BCUT2D eigenvalue weighted by molar-refractivity contribution is 9.09. The normalized spacial score (nSPS) is 16.2. The molecule has 0 spiro atoms. The summed E-state index contributed by atoms with van der Waals surface area (Å²) in [5.74, 6) is -0.569. The van der Waals surface area contributed by atoms with Crippen molar-refractivity contribution < 1.29 is 14.3 Å². The number of carbonyl (C=O) groups is 2. The molecular weight excluding hydrogens is 286 g/mol. The number of rotatable bonds is 4. The van der Waals surface area contributed by atoms with Gasteiger partial charge in [0.2, 0.25) is 0 Å². The molecule has 17 heavy (non-hydrogen) atoms. The summed E-state index contributed by atoms with van der Waals surface area (Å²) in [6, 6.07) is 6.81. The first-order chi connectivity index (χ1) is 8.16. The van der Waals surface area contributed by atoms with Gasteiger partial charge in [0.15, 0.2) is 0 Å². The molecule has 0 saturated heterocycles. The molecule has 0 aliphatic carbocycles. The van der Waals surface area contributed by atoms with Crippen LogP contribution in [0.15, 0.2) is 24.3 Å². The smallest absolute Gasteiger partial charge is 0.263 e. The largest absolute Gasteiger partial charge is 0.357 e. The van der Waals surface area contributed by atoms with Crippen LogP contribution >= 0.6 is 15.9 Å². The van der Waals surface area contributed by atoms with Gasteiger partial charge in [-0.3, -0.25) is 9.59 Å². The number of fused-ring (bicyclic) bond motifs is 1. The summed E-state index contributed by atoms with van der Waals surface area (Å²) in [6.07, 6.45) is -0.542. The summed E-state index contributed by atoms with van der Waals surface area (Å²) in [5, 5.41) is 0.667. The number of imide groups is 1. The lowest BCUT2D eigenvalue weighted by Crippen LogP contribution is -2.39. The molecule has 1 heterocycles. The number of alkyl halides is 1. The molecule has 1 atom stereocenters. The van der Waals surface area contributed by atoms with Gasteiger partial charge in [-0.05, 0) is 19.1 Å². The van der Waals surface area contributed by atoms with E-state index in [4.69, 9.17) is 4.74 Å². The van der Waals surface area contributed by atoms with Crippen molar-refractivity contribution in [3.63, 3.8) is 0 Å². The van der Waals surface area contributed by atoms with Gasteiger partial charge in [0.1, 0.15) is 6.23 Å². The highest BCUT2D eigenvalue weighted by atomic mass is 79.9. The van der Waals surface area contributed by atoms with Crippen LogP contribution in [-0.4, -0.2) is 34.9 Å². The molecule has 5 heteroatoms. The SMILES string of the molecule is CC(OCCBr)N1C(=O)c2ccccc2C1=O.